The Morgan fingerprint density at radius 1 is 1.00 bits per heavy atom. The first-order valence-electron chi connectivity index (χ1n) is 4.30. The van der Waals surface area contributed by atoms with Crippen LogP contribution >= 0.6 is 0 Å². The summed E-state index contributed by atoms with van der Waals surface area (Å²) in [5.41, 5.74) is 0. The highest BCUT2D eigenvalue weighted by atomic mass is 15.1. The van der Waals surface area contributed by atoms with Gasteiger partial charge in [0.15, 0.2) is 0 Å². The Morgan fingerprint density at radius 3 is 2.00 bits per heavy atom. The fourth-order valence-electron chi connectivity index (χ4n) is 1.47. The molecule has 0 fully saturated rings. The Balaban J connectivity index is 2.61. The molecule has 0 aromatic heterocycles. The van der Waals surface area contributed by atoms with Crippen LogP contribution in [0.15, 0.2) is 24.3 Å². The monoisotopic (exact) mass is 159 g/mol. The molecule has 0 unspecified atom stereocenters. The molecule has 1 aromatic rings. The SMILES string of the molecule is CN1CC=c2ccccc2=CC1. The van der Waals surface area contributed by atoms with Crippen molar-refractivity contribution in [2.45, 2.75) is 0 Å². The molecule has 1 heteroatoms. The molecule has 62 valence electrons. The molecule has 0 bridgehead atoms. The zero-order chi connectivity index (χ0) is 8.39. The number of hydrogen-bond donors (Lipinski definition) is 0. The number of benzene rings is 1. The van der Waals surface area contributed by atoms with Gasteiger partial charge in [-0.2, -0.15) is 0 Å². The van der Waals surface area contributed by atoms with Crippen molar-refractivity contribution in [1.82, 2.24) is 4.90 Å². The zero-order valence-electron chi connectivity index (χ0n) is 7.33. The molecule has 2 rings (SSSR count). The van der Waals surface area contributed by atoms with Crippen LogP contribution in [0, 0.1) is 0 Å². The molecule has 1 heterocycles. The maximum atomic E-state index is 2.29. The van der Waals surface area contributed by atoms with E-state index in [-0.39, 0.29) is 0 Å². The van der Waals surface area contributed by atoms with Crippen molar-refractivity contribution < 1.29 is 0 Å². The Kier molecular flexibility index (Phi) is 1.96. The Labute approximate surface area is 72.6 Å². The number of fused-ring (bicyclic) bond motifs is 1. The van der Waals surface area contributed by atoms with Crippen molar-refractivity contribution in [1.29, 1.82) is 0 Å². The van der Waals surface area contributed by atoms with Crippen molar-refractivity contribution in [3.63, 3.8) is 0 Å². The number of nitrogens with zero attached hydrogens (tertiary/aromatic N) is 1. The largest absolute Gasteiger partial charge is 0.299 e. The van der Waals surface area contributed by atoms with E-state index in [1.165, 1.54) is 10.4 Å². The molecule has 0 aliphatic carbocycles. The minimum atomic E-state index is 1.05. The van der Waals surface area contributed by atoms with Crippen LogP contribution in [0.1, 0.15) is 0 Å². The van der Waals surface area contributed by atoms with Crippen molar-refractivity contribution in [2.24, 2.45) is 0 Å². The maximum Gasteiger partial charge on any atom is 0.0172 e. The third-order valence-corrected chi connectivity index (χ3v) is 2.24. The summed E-state index contributed by atoms with van der Waals surface area (Å²) in [6.07, 6.45) is 4.55. The average molecular weight is 159 g/mol. The Morgan fingerprint density at radius 2 is 1.50 bits per heavy atom. The molecule has 0 radical (unpaired) electrons. The second-order valence-corrected chi connectivity index (χ2v) is 3.26. The quantitative estimate of drug-likeness (QED) is 0.522. The fraction of sp³-hybridized carbons (Fsp3) is 0.273. The van der Waals surface area contributed by atoms with Crippen molar-refractivity contribution in [3.8, 4) is 0 Å². The molecular weight excluding hydrogens is 146 g/mol. The predicted molar refractivity (Wildman–Crippen MR) is 52.1 cm³/mol. The predicted octanol–water partition coefficient (Wildman–Crippen LogP) is 0.193. The summed E-state index contributed by atoms with van der Waals surface area (Å²) >= 11 is 0. The third-order valence-electron chi connectivity index (χ3n) is 2.24. The molecule has 12 heavy (non-hydrogen) atoms. The van der Waals surface area contributed by atoms with Crippen LogP contribution < -0.4 is 10.4 Å². The summed E-state index contributed by atoms with van der Waals surface area (Å²) in [7, 11) is 2.14. The van der Waals surface area contributed by atoms with E-state index in [2.05, 4.69) is 48.4 Å². The number of rotatable bonds is 0. The fourth-order valence-corrected chi connectivity index (χ4v) is 1.47. The molecule has 0 saturated carbocycles. The third kappa shape index (κ3) is 1.41. The standard InChI is InChI=1S/C11H13N/c1-12-8-6-10-4-2-3-5-11(10)7-9-12/h2-7H,8-9H2,1H3. The van der Waals surface area contributed by atoms with Crippen LogP contribution in [-0.4, -0.2) is 25.0 Å². The first-order chi connectivity index (χ1) is 5.86. The van der Waals surface area contributed by atoms with E-state index >= 15 is 0 Å². The van der Waals surface area contributed by atoms with E-state index in [4.69, 9.17) is 0 Å². The number of hydrogen-bond acceptors (Lipinski definition) is 1. The molecule has 0 N–H and O–H groups in total. The van der Waals surface area contributed by atoms with Gasteiger partial charge in [-0.1, -0.05) is 36.4 Å². The lowest BCUT2D eigenvalue weighted by atomic mass is 10.2. The van der Waals surface area contributed by atoms with Crippen LogP contribution in [0.25, 0.3) is 12.2 Å². The summed E-state index contributed by atoms with van der Waals surface area (Å²) in [5.74, 6) is 0. The molecule has 0 spiro atoms. The van der Waals surface area contributed by atoms with E-state index in [0.29, 0.717) is 0 Å². The van der Waals surface area contributed by atoms with E-state index in [0.717, 1.165) is 13.1 Å². The molecule has 1 nitrogen and oxygen atoms in total. The van der Waals surface area contributed by atoms with E-state index in [1.807, 2.05) is 0 Å². The summed E-state index contributed by atoms with van der Waals surface area (Å²) in [6, 6.07) is 8.53. The van der Waals surface area contributed by atoms with Crippen LogP contribution in [0.5, 0.6) is 0 Å². The lowest BCUT2D eigenvalue weighted by Crippen LogP contribution is -2.22. The lowest BCUT2D eigenvalue weighted by molar-refractivity contribution is 0.434. The maximum absolute atomic E-state index is 2.29. The summed E-state index contributed by atoms with van der Waals surface area (Å²) in [4.78, 5) is 2.29. The topological polar surface area (TPSA) is 3.24 Å². The van der Waals surface area contributed by atoms with Crippen molar-refractivity contribution in [2.75, 3.05) is 20.1 Å². The molecule has 1 aliphatic rings. The summed E-state index contributed by atoms with van der Waals surface area (Å²) in [6.45, 7) is 2.10. The first-order valence-corrected chi connectivity index (χ1v) is 4.30. The van der Waals surface area contributed by atoms with Crippen LogP contribution in [0.4, 0.5) is 0 Å². The van der Waals surface area contributed by atoms with E-state index in [9.17, 15) is 0 Å². The normalized spacial score (nSPS) is 17.1. The van der Waals surface area contributed by atoms with E-state index < -0.39 is 0 Å². The molecular formula is C11H13N. The van der Waals surface area contributed by atoms with Gasteiger partial charge in [-0.15, -0.1) is 0 Å². The van der Waals surface area contributed by atoms with E-state index in [1.54, 1.807) is 0 Å². The summed E-state index contributed by atoms with van der Waals surface area (Å²) < 4.78 is 0. The highest BCUT2D eigenvalue weighted by Gasteiger charge is 1.95. The molecule has 1 aliphatic heterocycles. The van der Waals surface area contributed by atoms with Gasteiger partial charge in [0, 0.05) is 13.1 Å². The van der Waals surface area contributed by atoms with Gasteiger partial charge < -0.3 is 0 Å². The van der Waals surface area contributed by atoms with Crippen LogP contribution in [-0.2, 0) is 0 Å². The van der Waals surface area contributed by atoms with Crippen molar-refractivity contribution in [3.05, 3.63) is 34.7 Å². The highest BCUT2D eigenvalue weighted by molar-refractivity contribution is 5.36. The molecule has 0 amide bonds. The summed E-state index contributed by atoms with van der Waals surface area (Å²) in [5, 5.41) is 2.73. The van der Waals surface area contributed by atoms with Gasteiger partial charge in [0.1, 0.15) is 0 Å². The first kappa shape index (κ1) is 7.56. The second kappa shape index (κ2) is 3.11. The van der Waals surface area contributed by atoms with Crippen LogP contribution in [0.3, 0.4) is 0 Å². The highest BCUT2D eigenvalue weighted by Crippen LogP contribution is 1.86. The van der Waals surface area contributed by atoms with Gasteiger partial charge >= 0.3 is 0 Å². The lowest BCUT2D eigenvalue weighted by Gasteiger charge is -2.08. The van der Waals surface area contributed by atoms with Crippen molar-refractivity contribution >= 4 is 12.2 Å². The van der Waals surface area contributed by atoms with Crippen LogP contribution in [0.2, 0.25) is 0 Å². The van der Waals surface area contributed by atoms with Gasteiger partial charge in [-0.05, 0) is 17.5 Å². The minimum absolute atomic E-state index is 1.05. The smallest absolute Gasteiger partial charge is 0.0172 e. The van der Waals surface area contributed by atoms with Gasteiger partial charge in [0.05, 0.1) is 0 Å². The van der Waals surface area contributed by atoms with Gasteiger partial charge in [-0.25, -0.2) is 0 Å². The molecule has 0 saturated heterocycles. The van der Waals surface area contributed by atoms with Gasteiger partial charge in [-0.3, -0.25) is 4.90 Å². The van der Waals surface area contributed by atoms with Gasteiger partial charge in [0.2, 0.25) is 0 Å². The zero-order valence-corrected chi connectivity index (χ0v) is 7.33. The Bertz CT molecular complexity index is 341. The molecule has 1 aromatic carbocycles. The average Bonchev–Trinajstić information content (AvgIpc) is 2.29. The second-order valence-electron chi connectivity index (χ2n) is 3.26. The Hall–Kier alpha value is -1.08. The molecule has 0 atom stereocenters. The van der Waals surface area contributed by atoms with Gasteiger partial charge in [0.25, 0.3) is 0 Å². The minimum Gasteiger partial charge on any atom is -0.299 e.